The highest BCUT2D eigenvalue weighted by atomic mass is 16.2. The summed E-state index contributed by atoms with van der Waals surface area (Å²) in [6.07, 6.45) is 1.75. The molecule has 130 valence electrons. The number of carbonyl (C=O) groups excluding carboxylic acids is 2. The van der Waals surface area contributed by atoms with Gasteiger partial charge in [-0.2, -0.15) is 4.68 Å². The third kappa shape index (κ3) is 3.11. The Labute approximate surface area is 145 Å². The van der Waals surface area contributed by atoms with Gasteiger partial charge in [-0.15, -0.1) is 5.10 Å². The van der Waals surface area contributed by atoms with Crippen LogP contribution in [0.1, 0.15) is 24.2 Å². The third-order valence-electron chi connectivity index (χ3n) is 5.04. The van der Waals surface area contributed by atoms with Crippen molar-refractivity contribution in [1.29, 1.82) is 0 Å². The van der Waals surface area contributed by atoms with E-state index in [1.807, 2.05) is 36.1 Å². The van der Waals surface area contributed by atoms with E-state index in [0.717, 1.165) is 17.7 Å². The molecular formula is C17H20N6O2. The number of rotatable bonds is 3. The van der Waals surface area contributed by atoms with Crippen molar-refractivity contribution in [2.75, 3.05) is 13.1 Å². The summed E-state index contributed by atoms with van der Waals surface area (Å²) in [4.78, 5) is 26.0. The Kier molecular flexibility index (Phi) is 3.95. The minimum atomic E-state index is 0.109. The summed E-state index contributed by atoms with van der Waals surface area (Å²) in [5.74, 6) is 1.20. The largest absolute Gasteiger partial charge is 0.353 e. The Hall–Kier alpha value is -2.77. The van der Waals surface area contributed by atoms with Crippen molar-refractivity contribution in [2.45, 2.75) is 32.2 Å². The minimum absolute atomic E-state index is 0.109. The van der Waals surface area contributed by atoms with Crippen LogP contribution in [0.4, 0.5) is 0 Å². The van der Waals surface area contributed by atoms with E-state index < -0.39 is 0 Å². The molecule has 0 spiro atoms. The van der Waals surface area contributed by atoms with Crippen molar-refractivity contribution >= 4 is 11.8 Å². The van der Waals surface area contributed by atoms with Crippen molar-refractivity contribution in [3.63, 3.8) is 0 Å². The van der Waals surface area contributed by atoms with E-state index in [9.17, 15) is 9.59 Å². The number of piperidine rings is 1. The van der Waals surface area contributed by atoms with Gasteiger partial charge in [-0.25, -0.2) is 0 Å². The molecule has 0 radical (unpaired) electrons. The predicted octanol–water partition coefficient (Wildman–Crippen LogP) is 0.250. The van der Waals surface area contributed by atoms with Crippen LogP contribution in [-0.2, 0) is 16.0 Å². The lowest BCUT2D eigenvalue weighted by molar-refractivity contribution is -0.132. The quantitative estimate of drug-likeness (QED) is 0.864. The first kappa shape index (κ1) is 15.7. The molecule has 25 heavy (non-hydrogen) atoms. The summed E-state index contributed by atoms with van der Waals surface area (Å²) >= 11 is 0. The monoisotopic (exact) mass is 340 g/mol. The number of amides is 2. The summed E-state index contributed by atoms with van der Waals surface area (Å²) < 4.78 is 1.65. The van der Waals surface area contributed by atoms with E-state index >= 15 is 0 Å². The van der Waals surface area contributed by atoms with Crippen LogP contribution >= 0.6 is 0 Å². The average Bonchev–Trinajstić information content (AvgIpc) is 3.19. The molecule has 8 heteroatoms. The van der Waals surface area contributed by atoms with E-state index in [2.05, 4.69) is 20.8 Å². The highest BCUT2D eigenvalue weighted by Crippen LogP contribution is 2.25. The van der Waals surface area contributed by atoms with Gasteiger partial charge >= 0.3 is 0 Å². The second kappa shape index (κ2) is 6.27. The normalized spacial score (nSPS) is 22.6. The zero-order valence-corrected chi connectivity index (χ0v) is 14.1. The second-order valence-electron chi connectivity index (χ2n) is 6.75. The highest BCUT2D eigenvalue weighted by Gasteiger charge is 2.37. The average molecular weight is 340 g/mol. The first-order valence-corrected chi connectivity index (χ1v) is 8.51. The summed E-state index contributed by atoms with van der Waals surface area (Å²) in [6.45, 7) is 3.22. The molecule has 1 aromatic heterocycles. The Bertz CT molecular complexity index is 800. The van der Waals surface area contributed by atoms with Crippen LogP contribution in [0.2, 0.25) is 0 Å². The van der Waals surface area contributed by atoms with Crippen molar-refractivity contribution < 1.29 is 9.59 Å². The molecule has 1 N–H and O–H groups in total. The fraction of sp³-hybridized carbons (Fsp3) is 0.471. The van der Waals surface area contributed by atoms with Crippen LogP contribution in [0.15, 0.2) is 24.3 Å². The molecule has 1 aromatic carbocycles. The SMILES string of the molecule is Cc1nnnn1-c1ccc(CC(=O)N2CC[C@@H]3NC(=O)C[C@@H]3C2)cc1. The molecule has 2 fully saturated rings. The predicted molar refractivity (Wildman–Crippen MR) is 88.8 cm³/mol. The molecule has 0 bridgehead atoms. The van der Waals surface area contributed by atoms with Gasteiger partial charge in [0.2, 0.25) is 11.8 Å². The van der Waals surface area contributed by atoms with Crippen molar-refractivity contribution in [1.82, 2.24) is 30.4 Å². The van der Waals surface area contributed by atoms with E-state index in [4.69, 9.17) is 0 Å². The molecule has 2 amide bonds. The highest BCUT2D eigenvalue weighted by molar-refractivity contribution is 5.81. The number of aryl methyl sites for hydroxylation is 1. The van der Waals surface area contributed by atoms with Gasteiger partial charge in [0.1, 0.15) is 0 Å². The maximum Gasteiger partial charge on any atom is 0.227 e. The van der Waals surface area contributed by atoms with E-state index in [-0.39, 0.29) is 23.8 Å². The van der Waals surface area contributed by atoms with Gasteiger partial charge in [-0.3, -0.25) is 9.59 Å². The lowest BCUT2D eigenvalue weighted by atomic mass is 9.93. The summed E-state index contributed by atoms with van der Waals surface area (Å²) in [6, 6.07) is 7.94. The summed E-state index contributed by atoms with van der Waals surface area (Å²) in [5.41, 5.74) is 1.83. The smallest absolute Gasteiger partial charge is 0.227 e. The van der Waals surface area contributed by atoms with Crippen LogP contribution in [-0.4, -0.2) is 56.1 Å². The van der Waals surface area contributed by atoms with Crippen LogP contribution in [0, 0.1) is 12.8 Å². The number of nitrogens with zero attached hydrogens (tertiary/aromatic N) is 5. The minimum Gasteiger partial charge on any atom is -0.353 e. The van der Waals surface area contributed by atoms with Gasteiger partial charge in [-0.1, -0.05) is 12.1 Å². The van der Waals surface area contributed by atoms with Crippen LogP contribution in [0.5, 0.6) is 0 Å². The fourth-order valence-corrected chi connectivity index (χ4v) is 3.67. The summed E-state index contributed by atoms with van der Waals surface area (Å²) in [5, 5.41) is 14.4. The van der Waals surface area contributed by atoms with Crippen molar-refractivity contribution in [3.8, 4) is 5.69 Å². The van der Waals surface area contributed by atoms with Crippen LogP contribution in [0.3, 0.4) is 0 Å². The molecule has 2 aromatic rings. The fourth-order valence-electron chi connectivity index (χ4n) is 3.67. The molecule has 0 saturated carbocycles. The number of likely N-dealkylation sites (tertiary alicyclic amines) is 1. The van der Waals surface area contributed by atoms with Gasteiger partial charge in [-0.05, 0) is 41.5 Å². The number of tetrazole rings is 1. The topological polar surface area (TPSA) is 93.0 Å². The Balaban J connectivity index is 1.39. The Morgan fingerprint density at radius 2 is 2.12 bits per heavy atom. The number of benzene rings is 1. The molecule has 2 aliphatic heterocycles. The zero-order chi connectivity index (χ0) is 17.4. The number of fused-ring (bicyclic) bond motifs is 1. The van der Waals surface area contributed by atoms with Crippen LogP contribution in [0.25, 0.3) is 5.69 Å². The molecule has 2 aliphatic rings. The van der Waals surface area contributed by atoms with Gasteiger partial charge in [0, 0.05) is 31.5 Å². The Morgan fingerprint density at radius 3 is 2.84 bits per heavy atom. The maximum absolute atomic E-state index is 12.6. The summed E-state index contributed by atoms with van der Waals surface area (Å²) in [7, 11) is 0. The Morgan fingerprint density at radius 1 is 1.32 bits per heavy atom. The van der Waals surface area contributed by atoms with E-state index in [1.54, 1.807) is 4.68 Å². The van der Waals surface area contributed by atoms with E-state index in [1.165, 1.54) is 0 Å². The number of hydrogen-bond acceptors (Lipinski definition) is 5. The molecule has 0 unspecified atom stereocenters. The first-order chi connectivity index (χ1) is 12.1. The standard InChI is InChI=1S/C17H20N6O2/c1-11-19-20-21-23(11)14-4-2-12(3-5-14)8-17(25)22-7-6-15-13(10-22)9-16(24)18-15/h2-5,13,15H,6-10H2,1H3,(H,18,24)/t13-,15+/m1/s1. The molecule has 8 nitrogen and oxygen atoms in total. The number of aromatic nitrogens is 4. The van der Waals surface area contributed by atoms with Crippen LogP contribution < -0.4 is 5.32 Å². The van der Waals surface area contributed by atoms with Gasteiger partial charge in [0.25, 0.3) is 0 Å². The van der Waals surface area contributed by atoms with Gasteiger partial charge in [0.15, 0.2) is 5.82 Å². The molecular weight excluding hydrogens is 320 g/mol. The third-order valence-corrected chi connectivity index (χ3v) is 5.04. The van der Waals surface area contributed by atoms with Gasteiger partial charge < -0.3 is 10.2 Å². The maximum atomic E-state index is 12.6. The molecule has 4 rings (SSSR count). The molecule has 2 atom stereocenters. The number of carbonyl (C=O) groups is 2. The first-order valence-electron chi connectivity index (χ1n) is 8.51. The molecule has 3 heterocycles. The second-order valence-corrected chi connectivity index (χ2v) is 6.75. The van der Waals surface area contributed by atoms with Crippen molar-refractivity contribution in [2.24, 2.45) is 5.92 Å². The molecule has 0 aliphatic carbocycles. The number of nitrogens with one attached hydrogen (secondary N) is 1. The van der Waals surface area contributed by atoms with E-state index in [0.29, 0.717) is 31.8 Å². The lowest BCUT2D eigenvalue weighted by Crippen LogP contribution is -2.47. The number of hydrogen-bond donors (Lipinski definition) is 1. The molecule has 2 saturated heterocycles. The van der Waals surface area contributed by atoms with Crippen molar-refractivity contribution in [3.05, 3.63) is 35.7 Å². The lowest BCUT2D eigenvalue weighted by Gasteiger charge is -2.34. The zero-order valence-electron chi connectivity index (χ0n) is 14.1. The van der Waals surface area contributed by atoms with Gasteiger partial charge in [0.05, 0.1) is 12.1 Å².